The van der Waals surface area contributed by atoms with Crippen LogP contribution >= 0.6 is 0 Å². The summed E-state index contributed by atoms with van der Waals surface area (Å²) in [5.74, 6) is -0.513. The number of aliphatic hydroxyl groups is 3. The second kappa shape index (κ2) is 46.3. The zero-order valence-corrected chi connectivity index (χ0v) is 37.5. The summed E-state index contributed by atoms with van der Waals surface area (Å²) in [6.45, 7) is 4.15. The van der Waals surface area contributed by atoms with Gasteiger partial charge in [-0.25, -0.2) is 0 Å². The fourth-order valence-electron chi connectivity index (χ4n) is 7.55. The lowest BCUT2D eigenvalue weighted by Gasteiger charge is -2.21. The Morgan fingerprint density at radius 2 is 0.732 bits per heavy atom. The normalized spacial score (nSPS) is 13.7. The number of rotatable bonds is 45. The molecule has 330 valence electrons. The van der Waals surface area contributed by atoms with E-state index in [4.69, 9.17) is 0 Å². The lowest BCUT2D eigenvalue weighted by atomic mass is 10.0. The molecule has 0 radical (unpaired) electrons. The molecule has 0 bridgehead atoms. The molecule has 5 nitrogen and oxygen atoms in total. The van der Waals surface area contributed by atoms with Crippen molar-refractivity contribution in [1.82, 2.24) is 5.32 Å². The Kier molecular flexibility index (Phi) is 45.1. The fourth-order valence-corrected chi connectivity index (χ4v) is 7.55. The topological polar surface area (TPSA) is 89.8 Å². The molecule has 0 saturated heterocycles. The molecule has 0 heterocycles. The first-order chi connectivity index (χ1) is 27.6. The van der Waals surface area contributed by atoms with Crippen LogP contribution in [0.2, 0.25) is 0 Å². The van der Waals surface area contributed by atoms with E-state index in [0.717, 1.165) is 38.5 Å². The molecule has 0 aliphatic heterocycles. The van der Waals surface area contributed by atoms with Gasteiger partial charge in [0.1, 0.15) is 6.10 Å². The first-order valence-corrected chi connectivity index (χ1v) is 24.8. The second-order valence-corrected chi connectivity index (χ2v) is 17.0. The van der Waals surface area contributed by atoms with E-state index in [0.29, 0.717) is 6.42 Å². The van der Waals surface area contributed by atoms with Gasteiger partial charge in [0.25, 0.3) is 0 Å². The molecule has 3 atom stereocenters. The monoisotopic (exact) mass is 788 g/mol. The van der Waals surface area contributed by atoms with Gasteiger partial charge < -0.3 is 20.6 Å². The maximum atomic E-state index is 12.5. The van der Waals surface area contributed by atoms with Gasteiger partial charge in [0.05, 0.1) is 18.8 Å². The third-order valence-electron chi connectivity index (χ3n) is 11.5. The maximum Gasteiger partial charge on any atom is 0.249 e. The van der Waals surface area contributed by atoms with Gasteiger partial charge >= 0.3 is 0 Å². The van der Waals surface area contributed by atoms with Crippen molar-refractivity contribution in [2.45, 2.75) is 276 Å². The quantitative estimate of drug-likeness (QED) is 0.0365. The van der Waals surface area contributed by atoms with Gasteiger partial charge in [0, 0.05) is 0 Å². The molecule has 5 heteroatoms. The van der Waals surface area contributed by atoms with Crippen molar-refractivity contribution in [2.24, 2.45) is 0 Å². The van der Waals surface area contributed by atoms with E-state index in [1.807, 2.05) is 6.08 Å². The summed E-state index contributed by atoms with van der Waals surface area (Å²) in [6, 6.07) is -0.812. The number of aliphatic hydroxyl groups excluding tert-OH is 3. The van der Waals surface area contributed by atoms with Crippen LogP contribution in [0.1, 0.15) is 258 Å². The minimum atomic E-state index is -1.10. The minimum Gasteiger partial charge on any atom is -0.394 e. The molecule has 0 saturated carbocycles. The third-order valence-corrected chi connectivity index (χ3v) is 11.5. The van der Waals surface area contributed by atoms with Crippen LogP contribution in [-0.2, 0) is 4.79 Å². The summed E-state index contributed by atoms with van der Waals surface area (Å²) in [6.07, 6.45) is 59.3. The number of unbranched alkanes of at least 4 members (excludes halogenated alkanes) is 33. The zero-order valence-electron chi connectivity index (χ0n) is 37.5. The van der Waals surface area contributed by atoms with Gasteiger partial charge in [-0.15, -0.1) is 0 Å². The minimum absolute atomic E-state index is 0.375. The highest BCUT2D eigenvalue weighted by Crippen LogP contribution is 2.16. The predicted molar refractivity (Wildman–Crippen MR) is 245 cm³/mol. The molecule has 3 unspecified atom stereocenters. The first-order valence-electron chi connectivity index (χ1n) is 24.8. The van der Waals surface area contributed by atoms with Crippen molar-refractivity contribution in [1.29, 1.82) is 0 Å². The van der Waals surface area contributed by atoms with E-state index < -0.39 is 24.2 Å². The summed E-state index contributed by atoms with van der Waals surface area (Å²) in [7, 11) is 0. The lowest BCUT2D eigenvalue weighted by molar-refractivity contribution is -0.131. The van der Waals surface area contributed by atoms with E-state index in [1.165, 1.54) is 199 Å². The molecule has 0 aliphatic carbocycles. The van der Waals surface area contributed by atoms with Crippen LogP contribution in [0.4, 0.5) is 0 Å². The third kappa shape index (κ3) is 40.8. The summed E-state index contributed by atoms with van der Waals surface area (Å²) in [4.78, 5) is 12.5. The average Bonchev–Trinajstić information content (AvgIpc) is 3.20. The van der Waals surface area contributed by atoms with Crippen LogP contribution in [0.25, 0.3) is 0 Å². The molecule has 0 aliphatic rings. The summed E-state index contributed by atoms with van der Waals surface area (Å²) in [5.41, 5.74) is 0. The van der Waals surface area contributed by atoms with Crippen molar-refractivity contribution >= 4 is 5.91 Å². The molecule has 56 heavy (non-hydrogen) atoms. The molecule has 4 N–H and O–H groups in total. The SMILES string of the molecule is CCCCCCC/C=C/CC/C=C/C(O)C(CO)NC(=O)C(O)CCCCCCCCCCCCCCCCC/C=C\CCCCCCCCCCCCCC. The number of carbonyl (C=O) groups excluding carboxylic acids is 1. The highest BCUT2D eigenvalue weighted by Gasteiger charge is 2.22. The van der Waals surface area contributed by atoms with Crippen LogP contribution < -0.4 is 5.32 Å². The van der Waals surface area contributed by atoms with Crippen LogP contribution in [0.5, 0.6) is 0 Å². The molecular weight excluding hydrogens is 691 g/mol. The van der Waals surface area contributed by atoms with Crippen molar-refractivity contribution < 1.29 is 20.1 Å². The number of amides is 1. The van der Waals surface area contributed by atoms with Crippen LogP contribution in [-0.4, -0.2) is 46.1 Å². The summed E-state index contributed by atoms with van der Waals surface area (Å²) >= 11 is 0. The zero-order chi connectivity index (χ0) is 40.8. The summed E-state index contributed by atoms with van der Waals surface area (Å²) in [5, 5.41) is 33.1. The smallest absolute Gasteiger partial charge is 0.249 e. The lowest BCUT2D eigenvalue weighted by Crippen LogP contribution is -2.48. The molecule has 0 spiro atoms. The Labute approximate surface area is 349 Å². The number of nitrogens with one attached hydrogen (secondary N) is 1. The van der Waals surface area contributed by atoms with Gasteiger partial charge in [0.2, 0.25) is 5.91 Å². The number of hydrogen-bond donors (Lipinski definition) is 4. The van der Waals surface area contributed by atoms with E-state index in [-0.39, 0.29) is 6.61 Å². The molecule has 0 rings (SSSR count). The van der Waals surface area contributed by atoms with Crippen LogP contribution in [0.15, 0.2) is 36.5 Å². The van der Waals surface area contributed by atoms with Crippen LogP contribution in [0, 0.1) is 0 Å². The van der Waals surface area contributed by atoms with Crippen molar-refractivity contribution in [3.05, 3.63) is 36.5 Å². The van der Waals surface area contributed by atoms with Crippen LogP contribution in [0.3, 0.4) is 0 Å². The van der Waals surface area contributed by atoms with Crippen molar-refractivity contribution in [3.8, 4) is 0 Å². The Balaban J connectivity index is 3.52. The first kappa shape index (κ1) is 54.6. The highest BCUT2D eigenvalue weighted by atomic mass is 16.3. The van der Waals surface area contributed by atoms with E-state index >= 15 is 0 Å². The molecule has 0 aromatic carbocycles. The molecule has 0 aromatic rings. The van der Waals surface area contributed by atoms with Gasteiger partial charge in [-0.05, 0) is 57.8 Å². The van der Waals surface area contributed by atoms with Gasteiger partial charge in [-0.3, -0.25) is 4.79 Å². The second-order valence-electron chi connectivity index (χ2n) is 17.0. The standard InChI is InChI=1S/C51H97NO4/c1-3-5-7-9-11-13-15-16-17-18-19-20-21-22-23-24-25-26-27-28-29-30-31-32-33-34-36-38-40-42-44-46-50(55)51(56)52-48(47-53)49(54)45-43-41-39-37-35-14-12-10-8-6-4-2/h22-23,35,37,43,45,48-50,53-55H,3-21,24-34,36,38-42,44,46-47H2,1-2H3,(H,52,56)/b23-22-,37-35+,45-43+. The number of carbonyl (C=O) groups is 1. The van der Waals surface area contributed by atoms with Crippen molar-refractivity contribution in [3.63, 3.8) is 0 Å². The number of hydrogen-bond acceptors (Lipinski definition) is 4. The van der Waals surface area contributed by atoms with E-state index in [9.17, 15) is 20.1 Å². The van der Waals surface area contributed by atoms with Gasteiger partial charge in [0.15, 0.2) is 0 Å². The molecular formula is C51H97NO4. The summed E-state index contributed by atoms with van der Waals surface area (Å²) < 4.78 is 0. The predicted octanol–water partition coefficient (Wildman–Crippen LogP) is 14.7. The Morgan fingerprint density at radius 1 is 0.429 bits per heavy atom. The molecule has 0 fully saturated rings. The van der Waals surface area contributed by atoms with E-state index in [1.54, 1.807) is 6.08 Å². The van der Waals surface area contributed by atoms with Crippen molar-refractivity contribution in [2.75, 3.05) is 6.61 Å². The highest BCUT2D eigenvalue weighted by molar-refractivity contribution is 5.80. The largest absolute Gasteiger partial charge is 0.394 e. The Hall–Kier alpha value is -1.43. The van der Waals surface area contributed by atoms with Gasteiger partial charge in [-0.2, -0.15) is 0 Å². The Morgan fingerprint density at radius 3 is 1.09 bits per heavy atom. The average molecular weight is 788 g/mol. The Bertz CT molecular complexity index is 870. The van der Waals surface area contributed by atoms with Gasteiger partial charge in [-0.1, -0.05) is 237 Å². The number of allylic oxidation sites excluding steroid dienone is 5. The molecule has 1 amide bonds. The maximum absolute atomic E-state index is 12.5. The fraction of sp³-hybridized carbons (Fsp3) is 0.863. The van der Waals surface area contributed by atoms with E-state index in [2.05, 4.69) is 43.5 Å². The molecule has 0 aromatic heterocycles.